The van der Waals surface area contributed by atoms with Crippen molar-refractivity contribution >= 4 is 23.2 Å². The summed E-state index contributed by atoms with van der Waals surface area (Å²) in [6.45, 7) is 8.89. The average Bonchev–Trinajstić information content (AvgIpc) is 2.64. The maximum Gasteiger partial charge on any atom is 0.263 e. The van der Waals surface area contributed by atoms with Gasteiger partial charge in [-0.05, 0) is 62.2 Å². The van der Waals surface area contributed by atoms with E-state index < -0.39 is 6.10 Å². The van der Waals surface area contributed by atoms with Gasteiger partial charge in [0.1, 0.15) is 5.75 Å². The van der Waals surface area contributed by atoms with Gasteiger partial charge in [-0.3, -0.25) is 4.79 Å². The van der Waals surface area contributed by atoms with Crippen molar-refractivity contribution < 1.29 is 9.53 Å². The summed E-state index contributed by atoms with van der Waals surface area (Å²) in [6, 6.07) is 13.8. The van der Waals surface area contributed by atoms with Crippen LogP contribution in [0.4, 0.5) is 5.69 Å². The number of carbonyl (C=O) groups excluding carboxylic acids is 1. The van der Waals surface area contributed by atoms with Crippen LogP contribution in [-0.2, 0) is 4.79 Å². The second-order valence-electron chi connectivity index (χ2n) is 6.80. The van der Waals surface area contributed by atoms with Crippen LogP contribution in [-0.4, -0.2) is 43.1 Å². The molecule has 0 unspecified atom stereocenters. The molecule has 0 N–H and O–H groups in total. The first-order chi connectivity index (χ1) is 12.4. The molecule has 0 aromatic heterocycles. The Labute approximate surface area is 160 Å². The highest BCUT2D eigenvalue weighted by Crippen LogP contribution is 2.22. The SMILES string of the molecule is Cc1ccc(O[C@@H](C)C(=O)N2CCN(c3cccc(Cl)c3)CC2)cc1C. The van der Waals surface area contributed by atoms with E-state index in [1.165, 1.54) is 5.56 Å². The Kier molecular flexibility index (Phi) is 5.72. The minimum absolute atomic E-state index is 0.0361. The fourth-order valence-electron chi connectivity index (χ4n) is 3.16. The highest BCUT2D eigenvalue weighted by molar-refractivity contribution is 6.30. The topological polar surface area (TPSA) is 32.8 Å². The Morgan fingerprint density at radius 3 is 2.42 bits per heavy atom. The van der Waals surface area contributed by atoms with Crippen LogP contribution in [0.25, 0.3) is 0 Å². The van der Waals surface area contributed by atoms with Gasteiger partial charge in [0, 0.05) is 36.9 Å². The quantitative estimate of drug-likeness (QED) is 0.810. The van der Waals surface area contributed by atoms with Gasteiger partial charge in [-0.15, -0.1) is 0 Å². The number of nitrogens with zero attached hydrogens (tertiary/aromatic N) is 2. The third-order valence-electron chi connectivity index (χ3n) is 4.90. The largest absolute Gasteiger partial charge is 0.481 e. The van der Waals surface area contributed by atoms with E-state index in [1.807, 2.05) is 55.1 Å². The molecule has 1 heterocycles. The summed E-state index contributed by atoms with van der Waals surface area (Å²) in [5, 5.41) is 0.733. The van der Waals surface area contributed by atoms with E-state index in [9.17, 15) is 4.79 Å². The van der Waals surface area contributed by atoms with Gasteiger partial charge in [-0.1, -0.05) is 23.7 Å². The molecule has 1 aliphatic heterocycles. The van der Waals surface area contributed by atoms with Gasteiger partial charge >= 0.3 is 0 Å². The van der Waals surface area contributed by atoms with Crippen LogP contribution in [0.3, 0.4) is 0 Å². The maximum atomic E-state index is 12.7. The molecular formula is C21H25ClN2O2. The summed E-state index contributed by atoms with van der Waals surface area (Å²) < 4.78 is 5.87. The lowest BCUT2D eigenvalue weighted by Crippen LogP contribution is -2.52. The van der Waals surface area contributed by atoms with Crippen molar-refractivity contribution in [3.63, 3.8) is 0 Å². The molecule has 4 nitrogen and oxygen atoms in total. The molecule has 2 aromatic carbocycles. The normalized spacial score (nSPS) is 15.7. The van der Waals surface area contributed by atoms with Gasteiger partial charge < -0.3 is 14.5 Å². The highest BCUT2D eigenvalue weighted by Gasteiger charge is 2.26. The van der Waals surface area contributed by atoms with Crippen LogP contribution < -0.4 is 9.64 Å². The first-order valence-electron chi connectivity index (χ1n) is 8.97. The first-order valence-corrected chi connectivity index (χ1v) is 9.35. The zero-order valence-corrected chi connectivity index (χ0v) is 16.3. The molecule has 0 spiro atoms. The number of benzene rings is 2. The number of anilines is 1. The lowest BCUT2D eigenvalue weighted by molar-refractivity contribution is -0.138. The summed E-state index contributed by atoms with van der Waals surface area (Å²) in [6.07, 6.45) is -0.491. The number of hydrogen-bond acceptors (Lipinski definition) is 3. The molecule has 0 saturated carbocycles. The summed E-state index contributed by atoms with van der Waals surface area (Å²) in [5.74, 6) is 0.778. The first kappa shape index (κ1) is 18.6. The Bertz CT molecular complexity index is 785. The van der Waals surface area contributed by atoms with E-state index in [-0.39, 0.29) is 5.91 Å². The standard InChI is InChI=1S/C21H25ClN2O2/c1-15-7-8-20(13-16(15)2)26-17(3)21(25)24-11-9-23(10-12-24)19-6-4-5-18(22)14-19/h4-8,13-14,17H,9-12H2,1-3H3/t17-/m0/s1. The molecule has 0 radical (unpaired) electrons. The minimum atomic E-state index is -0.491. The number of halogens is 1. The molecule has 1 aliphatic rings. The molecule has 0 aliphatic carbocycles. The molecule has 3 rings (SSSR count). The minimum Gasteiger partial charge on any atom is -0.481 e. The number of ether oxygens (including phenoxy) is 1. The van der Waals surface area contributed by atoms with Gasteiger partial charge in [0.15, 0.2) is 6.10 Å². The van der Waals surface area contributed by atoms with Gasteiger partial charge in [-0.2, -0.15) is 0 Å². The molecule has 5 heteroatoms. The molecule has 1 atom stereocenters. The number of carbonyl (C=O) groups is 1. The van der Waals surface area contributed by atoms with Crippen LogP contribution >= 0.6 is 11.6 Å². The van der Waals surface area contributed by atoms with Crippen molar-refractivity contribution in [2.24, 2.45) is 0 Å². The van der Waals surface area contributed by atoms with Crippen LogP contribution in [0.5, 0.6) is 5.75 Å². The van der Waals surface area contributed by atoms with Crippen molar-refractivity contribution in [1.82, 2.24) is 4.90 Å². The van der Waals surface area contributed by atoms with Crippen molar-refractivity contribution in [1.29, 1.82) is 0 Å². The molecule has 1 amide bonds. The summed E-state index contributed by atoms with van der Waals surface area (Å²) in [5.41, 5.74) is 3.48. The van der Waals surface area contributed by atoms with E-state index in [4.69, 9.17) is 16.3 Å². The Balaban J connectivity index is 1.56. The van der Waals surface area contributed by atoms with Crippen LogP contribution in [0, 0.1) is 13.8 Å². The number of aryl methyl sites for hydroxylation is 2. The third-order valence-corrected chi connectivity index (χ3v) is 5.14. The monoisotopic (exact) mass is 372 g/mol. The Morgan fingerprint density at radius 2 is 1.77 bits per heavy atom. The van der Waals surface area contributed by atoms with Crippen LogP contribution in [0.2, 0.25) is 5.02 Å². The summed E-state index contributed by atoms with van der Waals surface area (Å²) >= 11 is 6.07. The molecule has 0 bridgehead atoms. The predicted octanol–water partition coefficient (Wildman–Crippen LogP) is 4.07. The lowest BCUT2D eigenvalue weighted by atomic mass is 10.1. The van der Waals surface area contributed by atoms with Gasteiger partial charge in [0.05, 0.1) is 0 Å². The highest BCUT2D eigenvalue weighted by atomic mass is 35.5. The fourth-order valence-corrected chi connectivity index (χ4v) is 3.34. The van der Waals surface area contributed by atoms with Gasteiger partial charge in [0.25, 0.3) is 5.91 Å². The second kappa shape index (κ2) is 8.00. The second-order valence-corrected chi connectivity index (χ2v) is 7.23. The van der Waals surface area contributed by atoms with E-state index in [0.717, 1.165) is 35.1 Å². The van der Waals surface area contributed by atoms with Crippen molar-refractivity contribution in [2.75, 3.05) is 31.1 Å². The predicted molar refractivity (Wildman–Crippen MR) is 106 cm³/mol. The van der Waals surface area contributed by atoms with E-state index in [0.29, 0.717) is 13.1 Å². The van der Waals surface area contributed by atoms with Gasteiger partial charge in [-0.25, -0.2) is 0 Å². The molecule has 2 aromatic rings. The van der Waals surface area contributed by atoms with E-state index >= 15 is 0 Å². The van der Waals surface area contributed by atoms with Crippen molar-refractivity contribution in [2.45, 2.75) is 26.9 Å². The lowest BCUT2D eigenvalue weighted by Gasteiger charge is -2.37. The number of piperazine rings is 1. The van der Waals surface area contributed by atoms with Gasteiger partial charge in [0.2, 0.25) is 0 Å². The molecule has 138 valence electrons. The molecular weight excluding hydrogens is 348 g/mol. The number of amides is 1. The van der Waals surface area contributed by atoms with E-state index in [1.54, 1.807) is 0 Å². The molecule has 26 heavy (non-hydrogen) atoms. The Morgan fingerprint density at radius 1 is 1.04 bits per heavy atom. The Hall–Kier alpha value is -2.20. The van der Waals surface area contributed by atoms with Crippen LogP contribution in [0.15, 0.2) is 42.5 Å². The maximum absolute atomic E-state index is 12.7. The zero-order chi connectivity index (χ0) is 18.7. The van der Waals surface area contributed by atoms with Crippen LogP contribution in [0.1, 0.15) is 18.1 Å². The number of hydrogen-bond donors (Lipinski definition) is 0. The smallest absolute Gasteiger partial charge is 0.263 e. The summed E-state index contributed by atoms with van der Waals surface area (Å²) in [7, 11) is 0. The van der Waals surface area contributed by atoms with E-state index in [2.05, 4.69) is 17.9 Å². The van der Waals surface area contributed by atoms with Crippen molar-refractivity contribution in [3.05, 3.63) is 58.6 Å². The van der Waals surface area contributed by atoms with Crippen molar-refractivity contribution in [3.8, 4) is 5.75 Å². The zero-order valence-electron chi connectivity index (χ0n) is 15.5. The molecule has 1 fully saturated rings. The number of rotatable bonds is 4. The summed E-state index contributed by atoms with van der Waals surface area (Å²) in [4.78, 5) is 16.8. The fraction of sp³-hybridized carbons (Fsp3) is 0.381. The average molecular weight is 373 g/mol. The third kappa shape index (κ3) is 4.31. The molecule has 1 saturated heterocycles.